The zero-order valence-corrected chi connectivity index (χ0v) is 9.76. The molecule has 0 fully saturated rings. The van der Waals surface area contributed by atoms with Crippen LogP contribution in [0.1, 0.15) is 5.01 Å². The van der Waals surface area contributed by atoms with E-state index in [1.54, 1.807) is 6.20 Å². The molecule has 2 aromatic rings. The number of aliphatic hydroxyl groups is 1. The van der Waals surface area contributed by atoms with Crippen LogP contribution in [0.25, 0.3) is 10.4 Å². The fourth-order valence-corrected chi connectivity index (χ4v) is 2.12. The summed E-state index contributed by atoms with van der Waals surface area (Å²) in [6.45, 7) is -0.153. The summed E-state index contributed by atoms with van der Waals surface area (Å²) in [6, 6.07) is 5.49. The zero-order chi connectivity index (χ0) is 13.2. The summed E-state index contributed by atoms with van der Waals surface area (Å²) < 4.78 is 39.6. The number of ether oxygens (including phenoxy) is 1. The maximum atomic E-state index is 12.0. The number of hydrogen-bond donors (Lipinski definition) is 1. The van der Waals surface area contributed by atoms with Crippen LogP contribution in [0.3, 0.4) is 0 Å². The minimum Gasteiger partial charge on any atom is -0.406 e. The molecule has 18 heavy (non-hydrogen) atoms. The molecule has 0 amide bonds. The molecule has 0 aliphatic heterocycles. The summed E-state index contributed by atoms with van der Waals surface area (Å²) in [5.41, 5.74) is 0.724. The number of alkyl halides is 3. The molecule has 2 rings (SSSR count). The van der Waals surface area contributed by atoms with E-state index in [9.17, 15) is 13.2 Å². The normalized spacial score (nSPS) is 11.6. The Morgan fingerprint density at radius 1 is 1.22 bits per heavy atom. The quantitative estimate of drug-likeness (QED) is 0.935. The topological polar surface area (TPSA) is 42.4 Å². The Labute approximate surface area is 104 Å². The molecule has 0 saturated carbocycles. The van der Waals surface area contributed by atoms with Crippen molar-refractivity contribution in [3.63, 3.8) is 0 Å². The van der Waals surface area contributed by atoms with Crippen molar-refractivity contribution >= 4 is 11.3 Å². The van der Waals surface area contributed by atoms with Gasteiger partial charge < -0.3 is 9.84 Å². The van der Waals surface area contributed by atoms with Crippen molar-refractivity contribution in [2.75, 3.05) is 0 Å². The third-order valence-electron chi connectivity index (χ3n) is 2.06. The summed E-state index contributed by atoms with van der Waals surface area (Å²) in [5, 5.41) is 9.43. The highest BCUT2D eigenvalue weighted by Gasteiger charge is 2.30. The Kier molecular flexibility index (Phi) is 3.53. The van der Waals surface area contributed by atoms with E-state index in [4.69, 9.17) is 5.11 Å². The lowest BCUT2D eigenvalue weighted by atomic mass is 10.2. The van der Waals surface area contributed by atoms with Crippen LogP contribution in [0.4, 0.5) is 13.2 Å². The van der Waals surface area contributed by atoms with E-state index >= 15 is 0 Å². The molecule has 96 valence electrons. The molecule has 7 heteroatoms. The predicted octanol–water partition coefficient (Wildman–Crippen LogP) is 3.20. The Morgan fingerprint density at radius 2 is 1.89 bits per heavy atom. The highest BCUT2D eigenvalue weighted by Crippen LogP contribution is 2.29. The fraction of sp³-hybridized carbons (Fsp3) is 0.182. The predicted molar refractivity (Wildman–Crippen MR) is 60.2 cm³/mol. The van der Waals surface area contributed by atoms with Gasteiger partial charge in [0, 0.05) is 6.20 Å². The maximum absolute atomic E-state index is 12.0. The van der Waals surface area contributed by atoms with E-state index in [0.29, 0.717) is 5.01 Å². The van der Waals surface area contributed by atoms with Crippen LogP contribution < -0.4 is 4.74 Å². The van der Waals surface area contributed by atoms with Crippen molar-refractivity contribution in [2.45, 2.75) is 13.0 Å². The Bertz CT molecular complexity index is 522. The van der Waals surface area contributed by atoms with Crippen molar-refractivity contribution in [2.24, 2.45) is 0 Å². The molecule has 1 aromatic carbocycles. The fourth-order valence-electron chi connectivity index (χ4n) is 1.34. The van der Waals surface area contributed by atoms with Gasteiger partial charge in [0.1, 0.15) is 10.8 Å². The second-order valence-electron chi connectivity index (χ2n) is 3.35. The first kappa shape index (κ1) is 12.8. The smallest absolute Gasteiger partial charge is 0.406 e. The first-order valence-electron chi connectivity index (χ1n) is 4.90. The number of hydrogen-bond acceptors (Lipinski definition) is 4. The zero-order valence-electron chi connectivity index (χ0n) is 8.94. The van der Waals surface area contributed by atoms with Crippen LogP contribution in [0.15, 0.2) is 30.5 Å². The van der Waals surface area contributed by atoms with Gasteiger partial charge in [-0.25, -0.2) is 4.98 Å². The van der Waals surface area contributed by atoms with E-state index in [1.807, 2.05) is 0 Å². The van der Waals surface area contributed by atoms with E-state index in [1.165, 1.54) is 35.6 Å². The largest absolute Gasteiger partial charge is 0.573 e. The van der Waals surface area contributed by atoms with Crippen LogP contribution in [-0.4, -0.2) is 16.5 Å². The number of thiazole rings is 1. The molecule has 0 aliphatic carbocycles. The maximum Gasteiger partial charge on any atom is 0.573 e. The van der Waals surface area contributed by atoms with Crippen LogP contribution in [-0.2, 0) is 6.61 Å². The Balaban J connectivity index is 2.17. The Morgan fingerprint density at radius 3 is 2.39 bits per heavy atom. The second-order valence-corrected chi connectivity index (χ2v) is 4.46. The number of aromatic nitrogens is 1. The lowest BCUT2D eigenvalue weighted by molar-refractivity contribution is -0.274. The van der Waals surface area contributed by atoms with Crippen molar-refractivity contribution < 1.29 is 23.0 Å². The third-order valence-corrected chi connectivity index (χ3v) is 3.09. The highest BCUT2D eigenvalue weighted by atomic mass is 32.1. The van der Waals surface area contributed by atoms with Gasteiger partial charge in [-0.3, -0.25) is 0 Å². The SMILES string of the molecule is OCc1ncc(-c2ccc(OC(F)(F)F)cc2)s1. The molecule has 0 bridgehead atoms. The van der Waals surface area contributed by atoms with Crippen LogP contribution in [0.2, 0.25) is 0 Å². The van der Waals surface area contributed by atoms with Crippen LogP contribution in [0, 0.1) is 0 Å². The monoisotopic (exact) mass is 275 g/mol. The first-order chi connectivity index (χ1) is 8.48. The van der Waals surface area contributed by atoms with Crippen LogP contribution >= 0.6 is 11.3 Å². The van der Waals surface area contributed by atoms with Gasteiger partial charge in [-0.1, -0.05) is 0 Å². The Hall–Kier alpha value is -1.60. The standard InChI is InChI=1S/C11H8F3NO2S/c12-11(13,14)17-8-3-1-7(2-4-8)9-5-15-10(6-16)18-9/h1-5,16H,6H2. The molecule has 0 aliphatic rings. The van der Waals surface area contributed by atoms with Crippen molar-refractivity contribution in [3.05, 3.63) is 35.5 Å². The number of halogens is 3. The van der Waals surface area contributed by atoms with Crippen molar-refractivity contribution in [1.29, 1.82) is 0 Å². The molecular weight excluding hydrogens is 267 g/mol. The third kappa shape index (κ3) is 3.21. The molecule has 0 spiro atoms. The van der Waals surface area contributed by atoms with E-state index in [0.717, 1.165) is 10.4 Å². The number of rotatable bonds is 3. The minimum absolute atomic E-state index is 0.153. The minimum atomic E-state index is -4.68. The van der Waals surface area contributed by atoms with Gasteiger partial charge in [0.25, 0.3) is 0 Å². The van der Waals surface area contributed by atoms with Gasteiger partial charge >= 0.3 is 6.36 Å². The summed E-state index contributed by atoms with van der Waals surface area (Å²) in [5.74, 6) is -0.266. The first-order valence-corrected chi connectivity index (χ1v) is 5.71. The number of aliphatic hydroxyl groups excluding tert-OH is 1. The molecule has 0 radical (unpaired) electrons. The average molecular weight is 275 g/mol. The van der Waals surface area contributed by atoms with E-state index in [-0.39, 0.29) is 12.4 Å². The average Bonchev–Trinajstić information content (AvgIpc) is 2.76. The molecule has 0 atom stereocenters. The van der Waals surface area contributed by atoms with Gasteiger partial charge in [0.15, 0.2) is 0 Å². The van der Waals surface area contributed by atoms with Gasteiger partial charge in [0.05, 0.1) is 11.5 Å². The lowest BCUT2D eigenvalue weighted by Crippen LogP contribution is -2.16. The van der Waals surface area contributed by atoms with Gasteiger partial charge in [-0.05, 0) is 29.8 Å². The number of nitrogens with zero attached hydrogens (tertiary/aromatic N) is 1. The number of benzene rings is 1. The molecule has 1 aromatic heterocycles. The van der Waals surface area contributed by atoms with E-state index in [2.05, 4.69) is 9.72 Å². The molecule has 1 N–H and O–H groups in total. The summed E-state index contributed by atoms with van der Waals surface area (Å²) in [7, 11) is 0. The lowest BCUT2D eigenvalue weighted by Gasteiger charge is -2.08. The van der Waals surface area contributed by atoms with Gasteiger partial charge in [-0.15, -0.1) is 24.5 Å². The van der Waals surface area contributed by atoms with Crippen LogP contribution in [0.5, 0.6) is 5.75 Å². The van der Waals surface area contributed by atoms with Gasteiger partial charge in [-0.2, -0.15) is 0 Å². The van der Waals surface area contributed by atoms with Crippen molar-refractivity contribution in [1.82, 2.24) is 4.98 Å². The molecular formula is C11H8F3NO2S. The second kappa shape index (κ2) is 4.95. The molecule has 0 saturated heterocycles. The molecule has 3 nitrogen and oxygen atoms in total. The molecule has 0 unspecified atom stereocenters. The highest BCUT2D eigenvalue weighted by molar-refractivity contribution is 7.15. The van der Waals surface area contributed by atoms with Crippen molar-refractivity contribution in [3.8, 4) is 16.2 Å². The summed E-state index contributed by atoms with van der Waals surface area (Å²) >= 11 is 1.28. The van der Waals surface area contributed by atoms with E-state index < -0.39 is 6.36 Å². The molecule has 1 heterocycles. The summed E-state index contributed by atoms with van der Waals surface area (Å²) in [6.07, 6.45) is -3.12. The summed E-state index contributed by atoms with van der Waals surface area (Å²) in [4.78, 5) is 4.73. The van der Waals surface area contributed by atoms with Gasteiger partial charge in [0.2, 0.25) is 0 Å².